The third kappa shape index (κ3) is 2.66. The average molecular weight is 256 g/mol. The number of nitrogens with zero attached hydrogens (tertiary/aromatic N) is 1. The molecule has 100 valence electrons. The van der Waals surface area contributed by atoms with Crippen molar-refractivity contribution in [3.05, 3.63) is 53.5 Å². The van der Waals surface area contributed by atoms with Crippen LogP contribution < -0.4 is 5.32 Å². The van der Waals surface area contributed by atoms with Crippen molar-refractivity contribution >= 4 is 5.69 Å². The maximum absolute atomic E-state index is 5.44. The third-order valence-corrected chi connectivity index (χ3v) is 3.73. The molecule has 3 nitrogen and oxygen atoms in total. The first-order chi connectivity index (χ1) is 9.36. The molecule has 0 saturated carbocycles. The summed E-state index contributed by atoms with van der Waals surface area (Å²) in [5, 5.41) is 3.51. The van der Waals surface area contributed by atoms with E-state index in [1.807, 2.05) is 12.1 Å². The van der Waals surface area contributed by atoms with Crippen molar-refractivity contribution in [1.29, 1.82) is 0 Å². The van der Waals surface area contributed by atoms with Gasteiger partial charge in [-0.1, -0.05) is 25.1 Å². The molecule has 0 spiro atoms. The largest absolute Gasteiger partial charge is 0.468 e. The molecule has 1 aliphatic heterocycles. The Kier molecular flexibility index (Phi) is 3.56. The molecule has 1 N–H and O–H groups in total. The van der Waals surface area contributed by atoms with E-state index in [4.69, 9.17) is 4.42 Å². The second-order valence-corrected chi connectivity index (χ2v) is 5.01. The standard InChI is InChI=1S/C16H20N2O/c1-2-18(12-15-7-4-10-19-15)11-14-6-3-5-13-8-9-17-16(13)14/h3-7,10,17H,2,8-9,11-12H2,1H3. The molecule has 0 fully saturated rings. The van der Waals surface area contributed by atoms with E-state index in [0.29, 0.717) is 0 Å². The van der Waals surface area contributed by atoms with Crippen LogP contribution in [0.5, 0.6) is 0 Å². The molecule has 0 saturated heterocycles. The molecule has 1 aromatic carbocycles. The van der Waals surface area contributed by atoms with Gasteiger partial charge >= 0.3 is 0 Å². The zero-order valence-corrected chi connectivity index (χ0v) is 11.4. The van der Waals surface area contributed by atoms with Crippen LogP contribution in [0.1, 0.15) is 23.8 Å². The second-order valence-electron chi connectivity index (χ2n) is 5.01. The van der Waals surface area contributed by atoms with Gasteiger partial charge in [-0.25, -0.2) is 0 Å². The Hall–Kier alpha value is -1.74. The molecule has 0 bridgehead atoms. The maximum Gasteiger partial charge on any atom is 0.117 e. The molecular formula is C16H20N2O. The average Bonchev–Trinajstić information content (AvgIpc) is 3.08. The third-order valence-electron chi connectivity index (χ3n) is 3.73. The molecule has 0 radical (unpaired) electrons. The number of hydrogen-bond donors (Lipinski definition) is 1. The summed E-state index contributed by atoms with van der Waals surface area (Å²) in [6.45, 7) is 6.11. The molecule has 0 amide bonds. The van der Waals surface area contributed by atoms with Crippen molar-refractivity contribution in [3.8, 4) is 0 Å². The summed E-state index contributed by atoms with van der Waals surface area (Å²) >= 11 is 0. The van der Waals surface area contributed by atoms with Gasteiger partial charge in [0.05, 0.1) is 12.8 Å². The first kappa shape index (κ1) is 12.3. The first-order valence-electron chi connectivity index (χ1n) is 6.96. The highest BCUT2D eigenvalue weighted by atomic mass is 16.3. The van der Waals surface area contributed by atoms with Gasteiger partial charge in [-0.3, -0.25) is 4.90 Å². The molecule has 0 unspecified atom stereocenters. The maximum atomic E-state index is 5.44. The highest BCUT2D eigenvalue weighted by molar-refractivity contribution is 5.61. The lowest BCUT2D eigenvalue weighted by Gasteiger charge is -2.21. The van der Waals surface area contributed by atoms with Gasteiger partial charge in [-0.15, -0.1) is 0 Å². The van der Waals surface area contributed by atoms with Gasteiger partial charge < -0.3 is 9.73 Å². The summed E-state index contributed by atoms with van der Waals surface area (Å²) in [5.74, 6) is 1.03. The molecule has 1 aromatic heterocycles. The van der Waals surface area contributed by atoms with E-state index < -0.39 is 0 Å². The number of fused-ring (bicyclic) bond motifs is 1. The van der Waals surface area contributed by atoms with Gasteiger partial charge in [0, 0.05) is 18.8 Å². The van der Waals surface area contributed by atoms with Crippen molar-refractivity contribution in [3.63, 3.8) is 0 Å². The van der Waals surface area contributed by atoms with Crippen molar-refractivity contribution in [2.24, 2.45) is 0 Å². The summed E-state index contributed by atoms with van der Waals surface area (Å²) < 4.78 is 5.44. The van der Waals surface area contributed by atoms with Crippen LogP contribution in [0, 0.1) is 0 Å². The molecule has 2 heterocycles. The topological polar surface area (TPSA) is 28.4 Å². The van der Waals surface area contributed by atoms with Crippen LogP contribution >= 0.6 is 0 Å². The monoisotopic (exact) mass is 256 g/mol. The van der Waals surface area contributed by atoms with Crippen LogP contribution in [0.3, 0.4) is 0 Å². The van der Waals surface area contributed by atoms with E-state index in [9.17, 15) is 0 Å². The molecule has 3 heteroatoms. The molecule has 19 heavy (non-hydrogen) atoms. The highest BCUT2D eigenvalue weighted by Gasteiger charge is 2.15. The first-order valence-corrected chi connectivity index (χ1v) is 6.96. The van der Waals surface area contributed by atoms with Crippen molar-refractivity contribution in [2.75, 3.05) is 18.4 Å². The molecular weight excluding hydrogens is 236 g/mol. The lowest BCUT2D eigenvalue weighted by Crippen LogP contribution is -2.22. The van der Waals surface area contributed by atoms with Crippen LogP contribution in [0.4, 0.5) is 5.69 Å². The summed E-state index contributed by atoms with van der Waals surface area (Å²) in [5.41, 5.74) is 4.19. The summed E-state index contributed by atoms with van der Waals surface area (Å²) in [7, 11) is 0. The van der Waals surface area contributed by atoms with E-state index in [0.717, 1.165) is 38.4 Å². The minimum absolute atomic E-state index is 0.868. The van der Waals surface area contributed by atoms with Gasteiger partial charge in [0.2, 0.25) is 0 Å². The predicted molar refractivity (Wildman–Crippen MR) is 77.1 cm³/mol. The van der Waals surface area contributed by atoms with Gasteiger partial charge in [-0.2, -0.15) is 0 Å². The van der Waals surface area contributed by atoms with Gasteiger partial charge in [0.15, 0.2) is 0 Å². The van der Waals surface area contributed by atoms with E-state index >= 15 is 0 Å². The van der Waals surface area contributed by atoms with Gasteiger partial charge in [0.25, 0.3) is 0 Å². The van der Waals surface area contributed by atoms with Crippen LogP contribution in [0.15, 0.2) is 41.0 Å². The normalized spacial score (nSPS) is 13.6. The van der Waals surface area contributed by atoms with E-state index in [-0.39, 0.29) is 0 Å². The zero-order valence-electron chi connectivity index (χ0n) is 11.4. The van der Waals surface area contributed by atoms with E-state index in [2.05, 4.69) is 35.3 Å². The number of benzene rings is 1. The Bertz CT molecular complexity index is 534. The molecule has 2 aromatic rings. The molecule has 1 aliphatic rings. The molecule has 0 aliphatic carbocycles. The van der Waals surface area contributed by atoms with Gasteiger partial charge in [-0.05, 0) is 36.2 Å². The molecule has 3 rings (SSSR count). The fraction of sp³-hybridized carbons (Fsp3) is 0.375. The minimum Gasteiger partial charge on any atom is -0.468 e. The summed E-state index contributed by atoms with van der Waals surface area (Å²) in [6, 6.07) is 10.6. The van der Waals surface area contributed by atoms with Crippen molar-refractivity contribution in [1.82, 2.24) is 4.90 Å². The zero-order chi connectivity index (χ0) is 13.1. The Morgan fingerprint density at radius 3 is 2.95 bits per heavy atom. The summed E-state index contributed by atoms with van der Waals surface area (Å²) in [6.07, 6.45) is 2.89. The van der Waals surface area contributed by atoms with E-state index in [1.54, 1.807) is 6.26 Å². The van der Waals surface area contributed by atoms with Crippen LogP contribution in [-0.4, -0.2) is 18.0 Å². The molecule has 0 atom stereocenters. The Morgan fingerprint density at radius 2 is 2.16 bits per heavy atom. The Labute approximate surface area is 114 Å². The lowest BCUT2D eigenvalue weighted by atomic mass is 10.1. The fourth-order valence-corrected chi connectivity index (χ4v) is 2.69. The fourth-order valence-electron chi connectivity index (χ4n) is 2.69. The number of hydrogen-bond acceptors (Lipinski definition) is 3. The predicted octanol–water partition coefficient (Wildman–Crippen LogP) is 3.27. The smallest absolute Gasteiger partial charge is 0.117 e. The van der Waals surface area contributed by atoms with Crippen LogP contribution in [0.25, 0.3) is 0 Å². The lowest BCUT2D eigenvalue weighted by molar-refractivity contribution is 0.248. The van der Waals surface area contributed by atoms with Crippen LogP contribution in [-0.2, 0) is 19.5 Å². The quantitative estimate of drug-likeness (QED) is 0.890. The summed E-state index contributed by atoms with van der Waals surface area (Å²) in [4.78, 5) is 2.40. The van der Waals surface area contributed by atoms with E-state index in [1.165, 1.54) is 16.8 Å². The second kappa shape index (κ2) is 5.49. The highest BCUT2D eigenvalue weighted by Crippen LogP contribution is 2.27. The van der Waals surface area contributed by atoms with Crippen molar-refractivity contribution in [2.45, 2.75) is 26.4 Å². The Balaban J connectivity index is 1.74. The number of nitrogens with one attached hydrogen (secondary N) is 1. The SMILES string of the molecule is CCN(Cc1ccco1)Cc1cccc2c1NCC2. The minimum atomic E-state index is 0.868. The number of rotatable bonds is 5. The van der Waals surface area contributed by atoms with Crippen molar-refractivity contribution < 1.29 is 4.42 Å². The number of anilines is 1. The van der Waals surface area contributed by atoms with Gasteiger partial charge in [0.1, 0.15) is 5.76 Å². The Morgan fingerprint density at radius 1 is 1.21 bits per heavy atom. The number of furan rings is 1. The van der Waals surface area contributed by atoms with Crippen LogP contribution in [0.2, 0.25) is 0 Å². The number of para-hydroxylation sites is 1.